The second-order valence-corrected chi connectivity index (χ2v) is 9.20. The van der Waals surface area contributed by atoms with Gasteiger partial charge in [-0.2, -0.15) is 0 Å². The zero-order valence-electron chi connectivity index (χ0n) is 20.0. The van der Waals surface area contributed by atoms with Crippen LogP contribution in [0.4, 0.5) is 4.79 Å². The first kappa shape index (κ1) is 25.2. The van der Waals surface area contributed by atoms with Crippen LogP contribution in [0.15, 0.2) is 48.5 Å². The summed E-state index contributed by atoms with van der Waals surface area (Å²) in [7, 11) is 1.52. The lowest BCUT2D eigenvalue weighted by molar-refractivity contribution is -0.137. The van der Waals surface area contributed by atoms with Gasteiger partial charge in [0.2, 0.25) is 5.91 Å². The van der Waals surface area contributed by atoms with Crippen molar-refractivity contribution in [2.45, 2.75) is 57.2 Å². The molecule has 0 aromatic heterocycles. The Balaban J connectivity index is 1.68. The summed E-state index contributed by atoms with van der Waals surface area (Å²) >= 11 is 0. The van der Waals surface area contributed by atoms with Crippen LogP contribution in [0.2, 0.25) is 0 Å². The average molecular weight is 469 g/mol. The number of methoxy groups -OCH3 is 1. The molecule has 1 aliphatic carbocycles. The van der Waals surface area contributed by atoms with Crippen molar-refractivity contribution in [3.63, 3.8) is 0 Å². The van der Waals surface area contributed by atoms with Gasteiger partial charge in [0.15, 0.2) is 0 Å². The third-order valence-electron chi connectivity index (χ3n) is 6.07. The molecule has 34 heavy (non-hydrogen) atoms. The van der Waals surface area contributed by atoms with E-state index < -0.39 is 35.7 Å². The molecule has 8 nitrogen and oxygen atoms in total. The van der Waals surface area contributed by atoms with Crippen molar-refractivity contribution >= 4 is 18.0 Å². The average Bonchev–Trinajstić information content (AvgIpc) is 3.10. The molecule has 0 aliphatic heterocycles. The molecule has 1 unspecified atom stereocenters. The molecule has 2 atom stereocenters. The van der Waals surface area contributed by atoms with Gasteiger partial charge in [0.25, 0.3) is 0 Å². The monoisotopic (exact) mass is 468 g/mol. The molecule has 2 amide bonds. The molecule has 0 bridgehead atoms. The lowest BCUT2D eigenvalue weighted by Crippen LogP contribution is -2.52. The first-order chi connectivity index (χ1) is 16.1. The molecule has 0 spiro atoms. The predicted octanol–water partition coefficient (Wildman–Crippen LogP) is 3.69. The van der Waals surface area contributed by atoms with E-state index in [1.807, 2.05) is 36.4 Å². The second kappa shape index (κ2) is 10.7. The summed E-state index contributed by atoms with van der Waals surface area (Å²) in [4.78, 5) is 36.5. The van der Waals surface area contributed by atoms with Gasteiger partial charge >= 0.3 is 12.1 Å². The van der Waals surface area contributed by atoms with Crippen LogP contribution < -0.4 is 10.6 Å². The Morgan fingerprint density at radius 3 is 2.09 bits per heavy atom. The van der Waals surface area contributed by atoms with Crippen LogP contribution in [0.3, 0.4) is 0 Å². The van der Waals surface area contributed by atoms with E-state index in [4.69, 9.17) is 14.6 Å². The second-order valence-electron chi connectivity index (χ2n) is 9.20. The topological polar surface area (TPSA) is 114 Å². The zero-order chi connectivity index (χ0) is 24.9. The van der Waals surface area contributed by atoms with Crippen molar-refractivity contribution in [2.75, 3.05) is 13.7 Å². The first-order valence-electron chi connectivity index (χ1n) is 11.3. The van der Waals surface area contributed by atoms with E-state index in [-0.39, 0.29) is 25.4 Å². The minimum Gasteiger partial charge on any atom is -0.481 e. The van der Waals surface area contributed by atoms with Gasteiger partial charge in [-0.1, -0.05) is 48.5 Å². The van der Waals surface area contributed by atoms with Gasteiger partial charge in [0.05, 0.1) is 12.0 Å². The molecular weight excluding hydrogens is 436 g/mol. The maximum absolute atomic E-state index is 12.8. The number of alkyl carbamates (subject to hydrolysis) is 1. The van der Waals surface area contributed by atoms with Crippen molar-refractivity contribution in [1.29, 1.82) is 0 Å². The number of carbonyl (C=O) groups excluding carboxylic acids is 2. The lowest BCUT2D eigenvalue weighted by Gasteiger charge is -2.29. The lowest BCUT2D eigenvalue weighted by atomic mass is 9.97. The summed E-state index contributed by atoms with van der Waals surface area (Å²) in [5, 5.41) is 14.2. The molecular formula is C26H32N2O6. The highest BCUT2D eigenvalue weighted by molar-refractivity contribution is 5.86. The number of hydrogen-bond donors (Lipinski definition) is 3. The third-order valence-corrected chi connectivity index (χ3v) is 6.07. The number of carboxylic acid groups (broad SMARTS) is 1. The number of fused-ring (bicyclic) bond motifs is 3. The van der Waals surface area contributed by atoms with Crippen LogP contribution in [0, 0.1) is 0 Å². The fourth-order valence-electron chi connectivity index (χ4n) is 4.22. The summed E-state index contributed by atoms with van der Waals surface area (Å²) in [5.41, 5.74) is 3.73. The highest BCUT2D eigenvalue weighted by atomic mass is 16.5. The number of carboxylic acids is 1. The smallest absolute Gasteiger partial charge is 0.407 e. The van der Waals surface area contributed by atoms with E-state index in [1.165, 1.54) is 7.11 Å². The van der Waals surface area contributed by atoms with Crippen molar-refractivity contribution in [2.24, 2.45) is 0 Å². The fourth-order valence-corrected chi connectivity index (χ4v) is 4.22. The minimum atomic E-state index is -1.02. The molecule has 1 aliphatic rings. The number of hydrogen-bond acceptors (Lipinski definition) is 5. The number of benzene rings is 2. The van der Waals surface area contributed by atoms with Crippen LogP contribution in [0.1, 0.15) is 50.7 Å². The molecule has 3 N–H and O–H groups in total. The maximum atomic E-state index is 12.8. The van der Waals surface area contributed by atoms with Crippen LogP contribution in [0.25, 0.3) is 11.1 Å². The molecule has 0 saturated heterocycles. The molecule has 0 saturated carbocycles. The molecule has 3 rings (SSSR count). The molecule has 0 radical (unpaired) electrons. The summed E-state index contributed by atoms with van der Waals surface area (Å²) in [5.74, 6) is -1.62. The molecule has 182 valence electrons. The largest absolute Gasteiger partial charge is 0.481 e. The highest BCUT2D eigenvalue weighted by Crippen LogP contribution is 2.44. The minimum absolute atomic E-state index is 0.101. The Bertz CT molecular complexity index is 1010. The molecule has 8 heteroatoms. The van der Waals surface area contributed by atoms with E-state index in [0.29, 0.717) is 0 Å². The van der Waals surface area contributed by atoms with E-state index in [2.05, 4.69) is 22.8 Å². The van der Waals surface area contributed by atoms with Gasteiger partial charge < -0.3 is 25.2 Å². The van der Waals surface area contributed by atoms with Gasteiger partial charge in [-0.3, -0.25) is 9.59 Å². The van der Waals surface area contributed by atoms with Gasteiger partial charge in [-0.15, -0.1) is 0 Å². The van der Waals surface area contributed by atoms with E-state index >= 15 is 0 Å². The normalized spacial score (nSPS) is 14.5. The number of rotatable bonds is 10. The fraction of sp³-hybridized carbons (Fsp3) is 0.423. The van der Waals surface area contributed by atoms with Crippen LogP contribution in [-0.2, 0) is 19.1 Å². The van der Waals surface area contributed by atoms with E-state index in [9.17, 15) is 14.4 Å². The summed E-state index contributed by atoms with van der Waals surface area (Å²) in [6, 6.07) is 14.5. The van der Waals surface area contributed by atoms with Gasteiger partial charge in [0.1, 0.15) is 12.6 Å². The molecule has 2 aromatic carbocycles. The Morgan fingerprint density at radius 1 is 1.00 bits per heavy atom. The molecule has 0 fully saturated rings. The standard InChI is InChI=1S/C26H32N2O6/c1-16(13-23(29)30)27-24(31)22(14-26(2,3)33-4)28-25(32)34-15-21-19-11-7-5-9-17(19)18-10-6-8-12-20(18)21/h5-12,16,21-22H,13-15H2,1-4H3,(H,27,31)(H,28,32)(H,29,30)/t16-,22?/m1/s1. The number of nitrogens with one attached hydrogen (secondary N) is 2. The number of carbonyl (C=O) groups is 3. The molecule has 0 heterocycles. The van der Waals surface area contributed by atoms with Crippen LogP contribution in [0.5, 0.6) is 0 Å². The predicted molar refractivity (Wildman–Crippen MR) is 128 cm³/mol. The van der Waals surface area contributed by atoms with Crippen molar-refractivity contribution in [1.82, 2.24) is 10.6 Å². The maximum Gasteiger partial charge on any atom is 0.407 e. The summed E-state index contributed by atoms with van der Waals surface area (Å²) in [6.45, 7) is 5.32. The first-order valence-corrected chi connectivity index (χ1v) is 11.3. The Kier molecular flexibility index (Phi) is 7.94. The summed E-state index contributed by atoms with van der Waals surface area (Å²) in [6.07, 6.45) is -0.768. The SMILES string of the molecule is COC(C)(C)CC(NC(=O)OCC1c2ccccc2-c2ccccc21)C(=O)N[C@H](C)CC(=O)O. The quantitative estimate of drug-likeness (QED) is 0.490. The van der Waals surface area contributed by atoms with Crippen LogP contribution in [-0.4, -0.2) is 54.5 Å². The molecule has 2 aromatic rings. The van der Waals surface area contributed by atoms with Gasteiger partial charge in [0, 0.05) is 25.5 Å². The highest BCUT2D eigenvalue weighted by Gasteiger charge is 2.32. The van der Waals surface area contributed by atoms with Gasteiger partial charge in [-0.25, -0.2) is 4.79 Å². The number of aliphatic carboxylic acids is 1. The Hall–Kier alpha value is -3.39. The Morgan fingerprint density at radius 2 is 1.56 bits per heavy atom. The van der Waals surface area contributed by atoms with Crippen LogP contribution >= 0.6 is 0 Å². The van der Waals surface area contributed by atoms with E-state index in [0.717, 1.165) is 22.3 Å². The summed E-state index contributed by atoms with van der Waals surface area (Å²) < 4.78 is 11.0. The Labute approximate surface area is 199 Å². The van der Waals surface area contributed by atoms with Gasteiger partial charge in [-0.05, 0) is 43.0 Å². The zero-order valence-corrected chi connectivity index (χ0v) is 20.0. The van der Waals surface area contributed by atoms with Crippen molar-refractivity contribution < 1.29 is 29.0 Å². The number of ether oxygens (including phenoxy) is 2. The van der Waals surface area contributed by atoms with Crippen molar-refractivity contribution in [3.8, 4) is 11.1 Å². The van der Waals surface area contributed by atoms with E-state index in [1.54, 1.807) is 20.8 Å². The van der Waals surface area contributed by atoms with Crippen molar-refractivity contribution in [3.05, 3.63) is 59.7 Å². The third kappa shape index (κ3) is 6.14. The number of amides is 2.